The van der Waals surface area contributed by atoms with Crippen LogP contribution in [0.5, 0.6) is 5.75 Å². The molecule has 7 heteroatoms. The minimum Gasteiger partial charge on any atom is -0.497 e. The van der Waals surface area contributed by atoms with Crippen molar-refractivity contribution in [1.29, 1.82) is 0 Å². The van der Waals surface area contributed by atoms with Gasteiger partial charge in [-0.3, -0.25) is 4.79 Å². The third-order valence-corrected chi connectivity index (χ3v) is 5.63. The number of carbonyl (C=O) groups excluding carboxylic acids is 1. The summed E-state index contributed by atoms with van der Waals surface area (Å²) in [6.45, 7) is 1.49. The van der Waals surface area contributed by atoms with Gasteiger partial charge in [-0.1, -0.05) is 36.4 Å². The molecular weight excluding hydrogens is 364 g/mol. The number of fused-ring (bicyclic) bond motifs is 1. The van der Waals surface area contributed by atoms with Crippen LogP contribution in [0.25, 0.3) is 10.8 Å². The van der Waals surface area contributed by atoms with Gasteiger partial charge in [-0.2, -0.15) is 4.72 Å². The monoisotopic (exact) mass is 384 g/mol. The molecule has 140 valence electrons. The summed E-state index contributed by atoms with van der Waals surface area (Å²) in [7, 11) is -2.31. The molecule has 3 aromatic rings. The first-order chi connectivity index (χ1) is 12.9. The highest BCUT2D eigenvalue weighted by Crippen LogP contribution is 2.20. The predicted molar refractivity (Wildman–Crippen MR) is 105 cm³/mol. The van der Waals surface area contributed by atoms with Crippen molar-refractivity contribution in [2.24, 2.45) is 0 Å². The smallest absolute Gasteiger partial charge is 0.242 e. The van der Waals surface area contributed by atoms with E-state index in [4.69, 9.17) is 4.74 Å². The molecule has 1 amide bonds. The van der Waals surface area contributed by atoms with Gasteiger partial charge < -0.3 is 10.1 Å². The van der Waals surface area contributed by atoms with E-state index in [9.17, 15) is 13.2 Å². The standard InChI is InChI=1S/C20H20N2O4S/c1-14(20(23)21-17-8-5-9-18(13-17)26-2)22-27(24,25)19-11-10-15-6-3-4-7-16(15)12-19/h3-14,22H,1-2H3,(H,21,23)/t14-/m1/s1. The average molecular weight is 384 g/mol. The summed E-state index contributed by atoms with van der Waals surface area (Å²) in [5, 5.41) is 4.43. The molecule has 1 atom stereocenters. The lowest BCUT2D eigenvalue weighted by atomic mass is 10.1. The van der Waals surface area contributed by atoms with Crippen molar-refractivity contribution in [2.75, 3.05) is 12.4 Å². The molecule has 0 radical (unpaired) electrons. The molecular formula is C20H20N2O4S. The minimum absolute atomic E-state index is 0.113. The van der Waals surface area contributed by atoms with E-state index >= 15 is 0 Å². The van der Waals surface area contributed by atoms with Crippen LogP contribution < -0.4 is 14.8 Å². The molecule has 0 aliphatic carbocycles. The Bertz CT molecular complexity index is 1080. The molecule has 2 N–H and O–H groups in total. The molecule has 0 heterocycles. The number of hydrogen-bond acceptors (Lipinski definition) is 4. The van der Waals surface area contributed by atoms with Gasteiger partial charge in [0.05, 0.1) is 18.0 Å². The van der Waals surface area contributed by atoms with Gasteiger partial charge in [-0.25, -0.2) is 8.42 Å². The maximum Gasteiger partial charge on any atom is 0.242 e. The lowest BCUT2D eigenvalue weighted by Crippen LogP contribution is -2.41. The summed E-state index contributed by atoms with van der Waals surface area (Å²) in [6.07, 6.45) is 0. The van der Waals surface area contributed by atoms with Crippen molar-refractivity contribution in [3.05, 3.63) is 66.7 Å². The maximum atomic E-state index is 12.6. The summed E-state index contributed by atoms with van der Waals surface area (Å²) in [6, 6.07) is 18.2. The number of benzene rings is 3. The number of methoxy groups -OCH3 is 1. The van der Waals surface area contributed by atoms with E-state index in [2.05, 4.69) is 10.0 Å². The molecule has 0 saturated carbocycles. The molecule has 0 fully saturated rings. The van der Waals surface area contributed by atoms with Crippen molar-refractivity contribution in [1.82, 2.24) is 4.72 Å². The van der Waals surface area contributed by atoms with E-state index in [-0.39, 0.29) is 4.90 Å². The molecule has 0 saturated heterocycles. The number of hydrogen-bond donors (Lipinski definition) is 2. The van der Waals surface area contributed by atoms with Crippen molar-refractivity contribution in [2.45, 2.75) is 17.9 Å². The molecule has 6 nitrogen and oxygen atoms in total. The van der Waals surface area contributed by atoms with Gasteiger partial charge in [0.25, 0.3) is 0 Å². The number of nitrogens with one attached hydrogen (secondary N) is 2. The molecule has 0 aliphatic rings. The van der Waals surface area contributed by atoms with Crippen LogP contribution in [0.1, 0.15) is 6.92 Å². The van der Waals surface area contributed by atoms with Crippen LogP contribution in [0.15, 0.2) is 71.6 Å². The Kier molecular flexibility index (Phi) is 5.43. The summed E-state index contributed by atoms with van der Waals surface area (Å²) in [5.74, 6) is 0.129. The SMILES string of the molecule is COc1cccc(NC(=O)[C@@H](C)NS(=O)(=O)c2ccc3ccccc3c2)c1. The molecule has 3 aromatic carbocycles. The molecule has 3 rings (SSSR count). The topological polar surface area (TPSA) is 84.5 Å². The quantitative estimate of drug-likeness (QED) is 0.684. The molecule has 0 spiro atoms. The summed E-state index contributed by atoms with van der Waals surface area (Å²) in [5.41, 5.74) is 0.524. The summed E-state index contributed by atoms with van der Waals surface area (Å²) >= 11 is 0. The molecule has 27 heavy (non-hydrogen) atoms. The van der Waals surface area contributed by atoms with Crippen LogP contribution in [0.3, 0.4) is 0 Å². The molecule has 0 bridgehead atoms. The van der Waals surface area contributed by atoms with E-state index in [0.29, 0.717) is 11.4 Å². The zero-order valence-electron chi connectivity index (χ0n) is 15.0. The van der Waals surface area contributed by atoms with Gasteiger partial charge in [0, 0.05) is 11.8 Å². The number of sulfonamides is 1. The highest BCUT2D eigenvalue weighted by Gasteiger charge is 2.22. The van der Waals surface area contributed by atoms with Crippen molar-refractivity contribution < 1.29 is 17.9 Å². The van der Waals surface area contributed by atoms with E-state index < -0.39 is 22.0 Å². The Morgan fingerprint density at radius 3 is 2.44 bits per heavy atom. The Labute approximate surface area is 158 Å². The van der Waals surface area contributed by atoms with E-state index in [1.165, 1.54) is 20.1 Å². The van der Waals surface area contributed by atoms with Gasteiger partial charge in [-0.05, 0) is 42.0 Å². The second-order valence-corrected chi connectivity index (χ2v) is 7.79. The first kappa shape index (κ1) is 18.9. The Balaban J connectivity index is 1.74. The van der Waals surface area contributed by atoms with Crippen LogP contribution in [0, 0.1) is 0 Å². The van der Waals surface area contributed by atoms with Gasteiger partial charge >= 0.3 is 0 Å². The van der Waals surface area contributed by atoms with Crippen molar-refractivity contribution in [3.8, 4) is 5.75 Å². The zero-order chi connectivity index (χ0) is 19.4. The number of carbonyl (C=O) groups is 1. The third-order valence-electron chi connectivity index (χ3n) is 4.09. The highest BCUT2D eigenvalue weighted by atomic mass is 32.2. The molecule has 0 aliphatic heterocycles. The summed E-state index contributed by atoms with van der Waals surface area (Å²) < 4.78 is 32.8. The molecule has 0 aromatic heterocycles. The van der Waals surface area contributed by atoms with Crippen LogP contribution in [-0.2, 0) is 14.8 Å². The minimum atomic E-state index is -3.84. The van der Waals surface area contributed by atoms with E-state index in [0.717, 1.165) is 10.8 Å². The van der Waals surface area contributed by atoms with Crippen LogP contribution in [-0.4, -0.2) is 27.5 Å². The van der Waals surface area contributed by atoms with Gasteiger partial charge in [0.2, 0.25) is 15.9 Å². The number of rotatable bonds is 6. The number of ether oxygens (including phenoxy) is 1. The maximum absolute atomic E-state index is 12.6. The summed E-state index contributed by atoms with van der Waals surface area (Å²) in [4.78, 5) is 12.5. The van der Waals surface area contributed by atoms with Crippen LogP contribution >= 0.6 is 0 Å². The fourth-order valence-electron chi connectivity index (χ4n) is 2.64. The Morgan fingerprint density at radius 1 is 0.963 bits per heavy atom. The zero-order valence-corrected chi connectivity index (χ0v) is 15.8. The molecule has 0 unspecified atom stereocenters. The van der Waals surface area contributed by atoms with E-state index in [1.54, 1.807) is 36.4 Å². The van der Waals surface area contributed by atoms with Crippen molar-refractivity contribution in [3.63, 3.8) is 0 Å². The van der Waals surface area contributed by atoms with Gasteiger partial charge in [0.1, 0.15) is 5.75 Å². The Morgan fingerprint density at radius 2 is 1.70 bits per heavy atom. The lowest BCUT2D eigenvalue weighted by molar-refractivity contribution is -0.117. The Hall–Kier alpha value is -2.90. The van der Waals surface area contributed by atoms with Crippen LogP contribution in [0.4, 0.5) is 5.69 Å². The first-order valence-corrected chi connectivity index (χ1v) is 9.83. The van der Waals surface area contributed by atoms with Gasteiger partial charge in [0.15, 0.2) is 0 Å². The lowest BCUT2D eigenvalue weighted by Gasteiger charge is -2.15. The predicted octanol–water partition coefficient (Wildman–Crippen LogP) is 3.15. The highest BCUT2D eigenvalue weighted by molar-refractivity contribution is 7.89. The second kappa shape index (κ2) is 7.77. The average Bonchev–Trinajstić information content (AvgIpc) is 2.67. The normalized spacial score (nSPS) is 12.5. The second-order valence-electron chi connectivity index (χ2n) is 6.07. The van der Waals surface area contributed by atoms with Crippen molar-refractivity contribution >= 4 is 32.4 Å². The number of anilines is 1. The fourth-order valence-corrected chi connectivity index (χ4v) is 3.88. The van der Waals surface area contributed by atoms with E-state index in [1.807, 2.05) is 24.3 Å². The van der Waals surface area contributed by atoms with Crippen LogP contribution in [0.2, 0.25) is 0 Å². The number of amides is 1. The largest absolute Gasteiger partial charge is 0.497 e. The fraction of sp³-hybridized carbons (Fsp3) is 0.150. The van der Waals surface area contributed by atoms with Gasteiger partial charge in [-0.15, -0.1) is 0 Å². The third kappa shape index (κ3) is 4.45. The first-order valence-electron chi connectivity index (χ1n) is 8.35.